The number of rotatable bonds is 5. The number of hydrogen-bond donors (Lipinski definition) is 2. The minimum absolute atomic E-state index is 0.121. The average molecular weight is 490 g/mol. The molecule has 2 unspecified atom stereocenters. The molecule has 1 amide bonds. The van der Waals surface area contributed by atoms with Gasteiger partial charge in [0.2, 0.25) is 11.9 Å². The van der Waals surface area contributed by atoms with Crippen LogP contribution in [0.15, 0.2) is 36.7 Å². The quantitative estimate of drug-likeness (QED) is 0.454. The largest absolute Gasteiger partial charge is 0.433 e. The minimum atomic E-state index is -4.54. The zero-order valence-electron chi connectivity index (χ0n) is 19.1. The molecule has 4 rings (SSSR count). The fraction of sp³-hybridized carbons (Fsp3) is 0.417. The zero-order chi connectivity index (χ0) is 24.7. The van der Waals surface area contributed by atoms with Crippen molar-refractivity contribution in [1.29, 1.82) is 0 Å². The number of carbonyl (C=O) groups is 1. The van der Waals surface area contributed by atoms with E-state index in [1.54, 1.807) is 11.3 Å². The van der Waals surface area contributed by atoms with Gasteiger partial charge in [-0.15, -0.1) is 11.3 Å². The van der Waals surface area contributed by atoms with Gasteiger partial charge in [-0.3, -0.25) is 4.79 Å². The first kappa shape index (κ1) is 24.1. The summed E-state index contributed by atoms with van der Waals surface area (Å²) < 4.78 is 38.9. The normalized spacial score (nSPS) is 20.2. The van der Waals surface area contributed by atoms with E-state index < -0.39 is 11.9 Å². The third kappa shape index (κ3) is 5.22. The number of amides is 1. The molecule has 0 radical (unpaired) electrons. The van der Waals surface area contributed by atoms with E-state index in [1.807, 2.05) is 31.3 Å². The fourth-order valence-corrected chi connectivity index (χ4v) is 5.73. The van der Waals surface area contributed by atoms with E-state index in [4.69, 9.17) is 5.73 Å². The van der Waals surface area contributed by atoms with E-state index >= 15 is 0 Å². The van der Waals surface area contributed by atoms with Crippen LogP contribution in [0.3, 0.4) is 0 Å². The van der Waals surface area contributed by atoms with Gasteiger partial charge >= 0.3 is 6.18 Å². The Morgan fingerprint density at radius 1 is 1.21 bits per heavy atom. The maximum atomic E-state index is 13.0. The first-order chi connectivity index (χ1) is 15.9. The van der Waals surface area contributed by atoms with Gasteiger partial charge in [0.25, 0.3) is 0 Å². The first-order valence-corrected chi connectivity index (χ1v) is 11.8. The summed E-state index contributed by atoms with van der Waals surface area (Å²) in [5, 5.41) is 3.90. The number of thiazole rings is 1. The van der Waals surface area contributed by atoms with Crippen molar-refractivity contribution < 1.29 is 18.0 Å². The second-order valence-electron chi connectivity index (χ2n) is 9.46. The molecule has 2 atom stereocenters. The highest BCUT2D eigenvalue weighted by Crippen LogP contribution is 2.48. The van der Waals surface area contributed by atoms with Crippen molar-refractivity contribution in [2.24, 2.45) is 17.1 Å². The number of halogens is 3. The second kappa shape index (κ2) is 8.98. The molecule has 1 aromatic carbocycles. The Hall–Kier alpha value is -3.01. The highest BCUT2D eigenvalue weighted by molar-refractivity contribution is 7.15. The van der Waals surface area contributed by atoms with Gasteiger partial charge < -0.3 is 11.1 Å². The van der Waals surface area contributed by atoms with Crippen LogP contribution in [0.5, 0.6) is 0 Å². The number of alkyl halides is 3. The molecule has 10 heteroatoms. The van der Waals surface area contributed by atoms with Gasteiger partial charge in [-0.2, -0.15) is 13.2 Å². The number of aromatic nitrogens is 3. The summed E-state index contributed by atoms with van der Waals surface area (Å²) in [6, 6.07) is 6.51. The molecule has 1 fully saturated rings. The van der Waals surface area contributed by atoms with Gasteiger partial charge in [0.05, 0.1) is 9.88 Å². The molecule has 180 valence electrons. The minimum Gasteiger partial charge on any atom is -0.369 e. The van der Waals surface area contributed by atoms with Crippen molar-refractivity contribution in [2.75, 3.05) is 5.32 Å². The molecule has 34 heavy (non-hydrogen) atoms. The van der Waals surface area contributed by atoms with Gasteiger partial charge in [0, 0.05) is 29.9 Å². The topological polar surface area (TPSA) is 93.8 Å². The van der Waals surface area contributed by atoms with Gasteiger partial charge in [-0.1, -0.05) is 19.9 Å². The number of benzene rings is 1. The molecule has 0 aliphatic heterocycles. The lowest BCUT2D eigenvalue weighted by Crippen LogP contribution is -2.40. The highest BCUT2D eigenvalue weighted by Gasteiger charge is 2.41. The van der Waals surface area contributed by atoms with Crippen molar-refractivity contribution >= 4 is 28.9 Å². The summed E-state index contributed by atoms with van der Waals surface area (Å²) in [5.74, 6) is -0.241. The Labute approximate surface area is 199 Å². The molecule has 0 saturated heterocycles. The number of hydrogen-bond acceptors (Lipinski definition) is 6. The number of nitrogens with zero attached hydrogens (tertiary/aromatic N) is 3. The Kier molecular flexibility index (Phi) is 6.37. The lowest BCUT2D eigenvalue weighted by atomic mass is 9.65. The smallest absolute Gasteiger partial charge is 0.369 e. The monoisotopic (exact) mass is 489 g/mol. The standard InChI is InChI=1S/C24H26F3N5OS/c1-13-8-15(10-16(9-13)31-22-29-7-6-19(32-22)24(25,26)27)18-12-30-21(34-18)14-4-5-17(20(28)33)23(2,3)11-14/h6-10,12,14,17H,4-5,11H2,1-3H3,(H2,28,33)(H,29,31,32). The van der Waals surface area contributed by atoms with Crippen molar-refractivity contribution in [3.05, 3.63) is 52.9 Å². The van der Waals surface area contributed by atoms with Crippen molar-refractivity contribution in [3.8, 4) is 10.4 Å². The summed E-state index contributed by atoms with van der Waals surface area (Å²) in [4.78, 5) is 24.9. The molecule has 2 aromatic heterocycles. The van der Waals surface area contributed by atoms with Crippen LogP contribution in [0, 0.1) is 18.3 Å². The predicted molar refractivity (Wildman–Crippen MR) is 126 cm³/mol. The van der Waals surface area contributed by atoms with Gasteiger partial charge in [-0.25, -0.2) is 15.0 Å². The van der Waals surface area contributed by atoms with Crippen LogP contribution >= 0.6 is 11.3 Å². The molecular weight excluding hydrogens is 463 g/mol. The number of carbonyl (C=O) groups excluding carboxylic acids is 1. The molecular formula is C24H26F3N5OS. The third-order valence-electron chi connectivity index (χ3n) is 6.30. The molecule has 1 aliphatic rings. The molecule has 2 heterocycles. The second-order valence-corrected chi connectivity index (χ2v) is 10.5. The van der Waals surface area contributed by atoms with E-state index in [0.29, 0.717) is 5.69 Å². The fourth-order valence-electron chi connectivity index (χ4n) is 4.69. The maximum absolute atomic E-state index is 13.0. The van der Waals surface area contributed by atoms with Crippen molar-refractivity contribution in [1.82, 2.24) is 15.0 Å². The number of aryl methyl sites for hydroxylation is 1. The van der Waals surface area contributed by atoms with Crippen LogP contribution in [-0.4, -0.2) is 20.9 Å². The van der Waals surface area contributed by atoms with E-state index in [-0.39, 0.29) is 29.1 Å². The number of nitrogens with two attached hydrogens (primary N) is 1. The third-order valence-corrected chi connectivity index (χ3v) is 7.51. The highest BCUT2D eigenvalue weighted by atomic mass is 32.1. The van der Waals surface area contributed by atoms with E-state index in [9.17, 15) is 18.0 Å². The van der Waals surface area contributed by atoms with Gasteiger partial charge in [0.1, 0.15) is 5.69 Å². The van der Waals surface area contributed by atoms with Gasteiger partial charge in [-0.05, 0) is 60.9 Å². The molecule has 6 nitrogen and oxygen atoms in total. The number of primary amides is 1. The number of anilines is 2. The van der Waals surface area contributed by atoms with Crippen LogP contribution in [-0.2, 0) is 11.0 Å². The summed E-state index contributed by atoms with van der Waals surface area (Å²) >= 11 is 1.60. The van der Waals surface area contributed by atoms with E-state index in [1.165, 1.54) is 0 Å². The Bertz CT molecular complexity index is 1210. The average Bonchev–Trinajstić information content (AvgIpc) is 3.22. The lowest BCUT2D eigenvalue weighted by molar-refractivity contribution is -0.141. The Morgan fingerprint density at radius 3 is 2.65 bits per heavy atom. The van der Waals surface area contributed by atoms with Gasteiger partial charge in [0.15, 0.2) is 0 Å². The summed E-state index contributed by atoms with van der Waals surface area (Å²) in [7, 11) is 0. The molecule has 3 aromatic rings. The van der Waals surface area contributed by atoms with E-state index in [2.05, 4.69) is 34.1 Å². The molecule has 1 saturated carbocycles. The molecule has 1 aliphatic carbocycles. The SMILES string of the molecule is Cc1cc(Nc2nccc(C(F)(F)F)n2)cc(-c2cnc(C3CCC(C(N)=O)C(C)(C)C3)s2)c1. The Morgan fingerprint density at radius 2 is 1.97 bits per heavy atom. The van der Waals surface area contributed by atoms with Crippen LogP contribution in [0.1, 0.15) is 55.3 Å². The summed E-state index contributed by atoms with van der Waals surface area (Å²) in [5.41, 5.74) is 6.84. The number of nitrogens with one attached hydrogen (secondary N) is 1. The summed E-state index contributed by atoms with van der Waals surface area (Å²) in [6.07, 6.45) is 0.808. The Balaban J connectivity index is 1.55. The predicted octanol–water partition coefficient (Wildman–Crippen LogP) is 6.07. The molecule has 3 N–H and O–H groups in total. The van der Waals surface area contributed by atoms with Crippen LogP contribution < -0.4 is 11.1 Å². The molecule has 0 spiro atoms. The lowest BCUT2D eigenvalue weighted by Gasteiger charge is -2.40. The van der Waals surface area contributed by atoms with Crippen LogP contribution in [0.25, 0.3) is 10.4 Å². The van der Waals surface area contributed by atoms with Crippen molar-refractivity contribution in [2.45, 2.75) is 52.1 Å². The van der Waals surface area contributed by atoms with Crippen molar-refractivity contribution in [3.63, 3.8) is 0 Å². The maximum Gasteiger partial charge on any atom is 0.433 e. The first-order valence-electron chi connectivity index (χ1n) is 11.0. The van der Waals surface area contributed by atoms with Crippen LogP contribution in [0.4, 0.5) is 24.8 Å². The zero-order valence-corrected chi connectivity index (χ0v) is 19.9. The van der Waals surface area contributed by atoms with Crippen LogP contribution in [0.2, 0.25) is 0 Å². The molecule has 0 bridgehead atoms. The summed E-state index contributed by atoms with van der Waals surface area (Å²) in [6.45, 7) is 6.08. The van der Waals surface area contributed by atoms with E-state index in [0.717, 1.165) is 52.5 Å².